The van der Waals surface area contributed by atoms with E-state index >= 15 is 0 Å². The van der Waals surface area contributed by atoms with Crippen LogP contribution in [-0.4, -0.2) is 47.0 Å². The topological polar surface area (TPSA) is 15.6 Å². The lowest BCUT2D eigenvalue weighted by atomic mass is 10.2. The summed E-state index contributed by atoms with van der Waals surface area (Å²) in [5, 5.41) is 2.15. The number of aliphatic imine (C=N–C) groups is 1. The molecule has 1 fully saturated rings. The minimum absolute atomic E-state index is 0.860. The second kappa shape index (κ2) is 3.27. The van der Waals surface area contributed by atoms with Gasteiger partial charge in [-0.2, -0.15) is 11.8 Å². The first-order valence-electron chi connectivity index (χ1n) is 3.85. The summed E-state index contributed by atoms with van der Waals surface area (Å²) < 4.78 is 0. The fraction of sp³-hybridized carbons (Fsp3) is 0.857. The molecule has 1 saturated heterocycles. The van der Waals surface area contributed by atoms with Crippen LogP contribution in [0.2, 0.25) is 0 Å². The highest BCUT2D eigenvalue weighted by atomic mass is 32.2. The van der Waals surface area contributed by atoms with Crippen molar-refractivity contribution in [1.29, 1.82) is 0 Å². The lowest BCUT2D eigenvalue weighted by Crippen LogP contribution is -2.50. The maximum Gasteiger partial charge on any atom is 0.159 e. The highest BCUT2D eigenvalue weighted by Gasteiger charge is 2.29. The summed E-state index contributed by atoms with van der Waals surface area (Å²) in [6.45, 7) is 3.46. The molecule has 0 spiro atoms. The minimum Gasteiger partial charge on any atom is -0.349 e. The van der Waals surface area contributed by atoms with Crippen LogP contribution in [0.3, 0.4) is 0 Å². The molecular weight excluding hydrogens is 176 g/mol. The Balaban J connectivity index is 1.81. The van der Waals surface area contributed by atoms with Crippen LogP contribution in [0.1, 0.15) is 0 Å². The molecule has 0 aromatic carbocycles. The zero-order chi connectivity index (χ0) is 7.68. The Kier molecular flexibility index (Phi) is 2.32. The number of hydrogen-bond acceptors (Lipinski definition) is 4. The van der Waals surface area contributed by atoms with Crippen LogP contribution < -0.4 is 0 Å². The highest BCUT2D eigenvalue weighted by Crippen LogP contribution is 2.25. The molecule has 0 radical (unpaired) electrons. The van der Waals surface area contributed by atoms with Gasteiger partial charge >= 0.3 is 0 Å². The van der Waals surface area contributed by atoms with E-state index in [0.29, 0.717) is 0 Å². The highest BCUT2D eigenvalue weighted by molar-refractivity contribution is 8.14. The molecule has 0 N–H and O–H groups in total. The van der Waals surface area contributed by atoms with Crippen molar-refractivity contribution in [3.63, 3.8) is 0 Å². The average Bonchev–Trinajstić information content (AvgIpc) is 2.37. The number of amidine groups is 1. The Morgan fingerprint density at radius 3 is 3.00 bits per heavy atom. The lowest BCUT2D eigenvalue weighted by Gasteiger charge is -2.39. The van der Waals surface area contributed by atoms with Crippen LogP contribution in [0.25, 0.3) is 0 Å². The van der Waals surface area contributed by atoms with Gasteiger partial charge in [0.25, 0.3) is 0 Å². The van der Waals surface area contributed by atoms with Gasteiger partial charge in [-0.3, -0.25) is 4.99 Å². The molecule has 2 rings (SSSR count). The Bertz CT molecular complexity index is 175. The zero-order valence-corrected chi connectivity index (χ0v) is 8.25. The number of thioether (sulfide) groups is 2. The number of nitrogens with zero attached hydrogens (tertiary/aromatic N) is 2. The number of hydrogen-bond donors (Lipinski definition) is 0. The van der Waals surface area contributed by atoms with Crippen LogP contribution in [0.5, 0.6) is 0 Å². The van der Waals surface area contributed by atoms with E-state index in [2.05, 4.69) is 16.1 Å². The van der Waals surface area contributed by atoms with Gasteiger partial charge in [0.15, 0.2) is 5.17 Å². The predicted octanol–water partition coefficient (Wildman–Crippen LogP) is 1.14. The summed E-state index contributed by atoms with van der Waals surface area (Å²) in [4.78, 5) is 6.81. The monoisotopic (exact) mass is 188 g/mol. The van der Waals surface area contributed by atoms with E-state index < -0.39 is 0 Å². The molecule has 2 aliphatic rings. The SMILES string of the molecule is CSC1CN(C2=NCCS2)C1. The van der Waals surface area contributed by atoms with Gasteiger partial charge in [0.1, 0.15) is 0 Å². The fourth-order valence-corrected chi connectivity index (χ4v) is 2.80. The summed E-state index contributed by atoms with van der Waals surface area (Å²) in [5.41, 5.74) is 0. The standard InChI is InChI=1S/C7H12N2S2/c1-10-6-4-9(5-6)7-8-2-3-11-7/h6H,2-5H2,1H3. The second-order valence-electron chi connectivity index (χ2n) is 2.78. The van der Waals surface area contributed by atoms with E-state index in [1.54, 1.807) is 0 Å². The summed E-state index contributed by atoms with van der Waals surface area (Å²) in [6, 6.07) is 0. The second-order valence-corrected chi connectivity index (χ2v) is 4.98. The molecule has 0 aromatic rings. The third-order valence-electron chi connectivity index (χ3n) is 2.02. The predicted molar refractivity (Wildman–Crippen MR) is 53.6 cm³/mol. The Hall–Kier alpha value is 0.170. The third-order valence-corrected chi connectivity index (χ3v) is 4.02. The maximum atomic E-state index is 4.42. The molecule has 62 valence electrons. The molecule has 0 saturated carbocycles. The summed E-state index contributed by atoms with van der Waals surface area (Å²) in [7, 11) is 0. The van der Waals surface area contributed by atoms with Gasteiger partial charge in [-0.15, -0.1) is 0 Å². The molecule has 4 heteroatoms. The molecule has 0 unspecified atom stereocenters. The molecule has 0 aromatic heterocycles. The molecule has 2 heterocycles. The van der Waals surface area contributed by atoms with Gasteiger partial charge in [-0.1, -0.05) is 11.8 Å². The van der Waals surface area contributed by atoms with Crippen molar-refractivity contribution < 1.29 is 0 Å². The van der Waals surface area contributed by atoms with E-state index in [0.717, 1.165) is 11.8 Å². The van der Waals surface area contributed by atoms with Crippen LogP contribution in [0, 0.1) is 0 Å². The van der Waals surface area contributed by atoms with Crippen molar-refractivity contribution in [2.75, 3.05) is 31.6 Å². The van der Waals surface area contributed by atoms with Gasteiger partial charge in [0.2, 0.25) is 0 Å². The van der Waals surface area contributed by atoms with Crippen molar-refractivity contribution >= 4 is 28.7 Å². The fourth-order valence-electron chi connectivity index (χ4n) is 1.26. The van der Waals surface area contributed by atoms with Crippen molar-refractivity contribution in [1.82, 2.24) is 4.90 Å². The van der Waals surface area contributed by atoms with Gasteiger partial charge in [-0.05, 0) is 6.26 Å². The normalized spacial score (nSPS) is 25.2. The smallest absolute Gasteiger partial charge is 0.159 e. The number of rotatable bonds is 1. The quantitative estimate of drug-likeness (QED) is 0.613. The van der Waals surface area contributed by atoms with Crippen LogP contribution in [-0.2, 0) is 0 Å². The molecule has 2 aliphatic heterocycles. The molecule has 0 bridgehead atoms. The Morgan fingerprint density at radius 2 is 2.45 bits per heavy atom. The Labute approximate surface area is 75.8 Å². The van der Waals surface area contributed by atoms with E-state index in [1.807, 2.05) is 23.5 Å². The first-order valence-corrected chi connectivity index (χ1v) is 6.12. The molecule has 0 atom stereocenters. The lowest BCUT2D eigenvalue weighted by molar-refractivity contribution is 0.318. The summed E-state index contributed by atoms with van der Waals surface area (Å²) >= 11 is 3.87. The molecule has 0 amide bonds. The minimum atomic E-state index is 0.860. The van der Waals surface area contributed by atoms with Crippen molar-refractivity contribution in [3.8, 4) is 0 Å². The first-order chi connectivity index (χ1) is 5.40. The van der Waals surface area contributed by atoms with Gasteiger partial charge in [0.05, 0.1) is 6.54 Å². The zero-order valence-electron chi connectivity index (χ0n) is 6.62. The Morgan fingerprint density at radius 1 is 1.64 bits per heavy atom. The van der Waals surface area contributed by atoms with E-state index in [9.17, 15) is 0 Å². The molecule has 2 nitrogen and oxygen atoms in total. The van der Waals surface area contributed by atoms with Gasteiger partial charge < -0.3 is 4.90 Å². The van der Waals surface area contributed by atoms with E-state index in [-0.39, 0.29) is 0 Å². The number of likely N-dealkylation sites (tertiary alicyclic amines) is 1. The van der Waals surface area contributed by atoms with E-state index in [1.165, 1.54) is 24.0 Å². The van der Waals surface area contributed by atoms with E-state index in [4.69, 9.17) is 0 Å². The maximum absolute atomic E-state index is 4.42. The largest absolute Gasteiger partial charge is 0.349 e. The van der Waals surface area contributed by atoms with Crippen molar-refractivity contribution in [3.05, 3.63) is 0 Å². The van der Waals surface area contributed by atoms with Crippen molar-refractivity contribution in [2.24, 2.45) is 4.99 Å². The van der Waals surface area contributed by atoms with Crippen LogP contribution in [0.4, 0.5) is 0 Å². The molecule has 0 aliphatic carbocycles. The first kappa shape index (κ1) is 7.80. The van der Waals surface area contributed by atoms with Crippen molar-refractivity contribution in [2.45, 2.75) is 5.25 Å². The molecule has 11 heavy (non-hydrogen) atoms. The summed E-state index contributed by atoms with van der Waals surface area (Å²) in [5.74, 6) is 1.19. The van der Waals surface area contributed by atoms with Crippen LogP contribution in [0.15, 0.2) is 4.99 Å². The van der Waals surface area contributed by atoms with Gasteiger partial charge in [-0.25, -0.2) is 0 Å². The average molecular weight is 188 g/mol. The van der Waals surface area contributed by atoms with Gasteiger partial charge in [0, 0.05) is 24.1 Å². The summed E-state index contributed by atoms with van der Waals surface area (Å²) in [6.07, 6.45) is 2.19. The van der Waals surface area contributed by atoms with Crippen LogP contribution >= 0.6 is 23.5 Å². The third kappa shape index (κ3) is 1.51. The molecular formula is C7H12N2S2.